The Balaban J connectivity index is 1.89. The molecule has 6 atom stereocenters. The van der Waals surface area contributed by atoms with Crippen molar-refractivity contribution in [2.75, 3.05) is 7.11 Å². The van der Waals surface area contributed by atoms with E-state index in [1.807, 2.05) is 25.2 Å². The van der Waals surface area contributed by atoms with Gasteiger partial charge >= 0.3 is 5.97 Å². The molecule has 2 N–H and O–H groups in total. The van der Waals surface area contributed by atoms with E-state index in [0.29, 0.717) is 31.1 Å². The molecule has 1 unspecified atom stereocenters. The molecule has 0 heterocycles. The predicted molar refractivity (Wildman–Crippen MR) is 107 cm³/mol. The van der Waals surface area contributed by atoms with Gasteiger partial charge in [-0.15, -0.1) is 11.8 Å². The summed E-state index contributed by atoms with van der Waals surface area (Å²) in [6.45, 7) is 3.79. The summed E-state index contributed by atoms with van der Waals surface area (Å²) in [6.07, 6.45) is 12.8. The normalized spacial score (nSPS) is 29.3. The number of carbonyl (C=O) groups excluding carboxylic acids is 1. The third-order valence-electron chi connectivity index (χ3n) is 5.69. The highest BCUT2D eigenvalue weighted by molar-refractivity contribution is 5.69. The fourth-order valence-electron chi connectivity index (χ4n) is 4.02. The maximum atomic E-state index is 11.1. The van der Waals surface area contributed by atoms with E-state index in [-0.39, 0.29) is 23.9 Å². The van der Waals surface area contributed by atoms with Gasteiger partial charge in [0.25, 0.3) is 0 Å². The Bertz CT molecular complexity index is 649. The number of aliphatic hydroxyl groups is 2. The molecule has 0 aromatic carbocycles. The first-order valence-electron chi connectivity index (χ1n) is 9.84. The number of ether oxygens (including phenoxy) is 1. The maximum absolute atomic E-state index is 11.1. The van der Waals surface area contributed by atoms with Crippen molar-refractivity contribution in [2.24, 2.45) is 23.7 Å². The molecule has 1 saturated carbocycles. The van der Waals surface area contributed by atoms with Gasteiger partial charge < -0.3 is 14.9 Å². The van der Waals surface area contributed by atoms with Gasteiger partial charge in [0, 0.05) is 18.8 Å². The Morgan fingerprint density at radius 3 is 2.96 bits per heavy atom. The second-order valence-electron chi connectivity index (χ2n) is 7.65. The van der Waals surface area contributed by atoms with Gasteiger partial charge in [0.15, 0.2) is 0 Å². The molecule has 1 fully saturated rings. The van der Waals surface area contributed by atoms with Crippen LogP contribution >= 0.6 is 0 Å². The van der Waals surface area contributed by atoms with Gasteiger partial charge in [-0.25, -0.2) is 0 Å². The van der Waals surface area contributed by atoms with Crippen LogP contribution in [0.2, 0.25) is 0 Å². The van der Waals surface area contributed by atoms with E-state index < -0.39 is 6.10 Å². The Hall–Kier alpha value is -1.83. The molecule has 0 saturated heterocycles. The van der Waals surface area contributed by atoms with Crippen LogP contribution in [0.5, 0.6) is 0 Å². The van der Waals surface area contributed by atoms with E-state index in [4.69, 9.17) is 0 Å². The molecule has 0 aromatic heterocycles. The smallest absolute Gasteiger partial charge is 0.305 e. The van der Waals surface area contributed by atoms with Gasteiger partial charge in [-0.2, -0.15) is 0 Å². The molecule has 2 rings (SSSR count). The SMILES string of the molecule is CC#CCC(C)[C@@H](O)C=C[C@H]1[C@H]2CC(C=CCCC(=O)OC)=C[C@H]2C[C@H]1O. The quantitative estimate of drug-likeness (QED) is 0.389. The van der Waals surface area contributed by atoms with Crippen LogP contribution in [-0.2, 0) is 9.53 Å². The van der Waals surface area contributed by atoms with Gasteiger partial charge in [-0.3, -0.25) is 4.79 Å². The number of fused-ring (bicyclic) bond motifs is 1. The third kappa shape index (κ3) is 6.09. The average molecular weight is 373 g/mol. The maximum Gasteiger partial charge on any atom is 0.305 e. The number of carbonyl (C=O) groups is 1. The highest BCUT2D eigenvalue weighted by atomic mass is 16.5. The topological polar surface area (TPSA) is 66.8 Å². The molecule has 0 spiro atoms. The molecule has 4 nitrogen and oxygen atoms in total. The number of aliphatic hydroxyl groups excluding tert-OH is 2. The van der Waals surface area contributed by atoms with E-state index in [1.54, 1.807) is 6.92 Å². The summed E-state index contributed by atoms with van der Waals surface area (Å²) in [6, 6.07) is 0. The molecule has 4 heteroatoms. The first kappa shape index (κ1) is 21.5. The molecule has 0 aliphatic heterocycles. The van der Waals surface area contributed by atoms with E-state index >= 15 is 0 Å². The van der Waals surface area contributed by atoms with Crippen molar-refractivity contribution < 1.29 is 19.7 Å². The van der Waals surface area contributed by atoms with E-state index in [9.17, 15) is 15.0 Å². The van der Waals surface area contributed by atoms with Crippen LogP contribution in [0.4, 0.5) is 0 Å². The minimum absolute atomic E-state index is 0.0753. The van der Waals surface area contributed by atoms with Crippen molar-refractivity contribution in [3.63, 3.8) is 0 Å². The lowest BCUT2D eigenvalue weighted by molar-refractivity contribution is -0.140. The minimum Gasteiger partial charge on any atom is -0.469 e. The second-order valence-corrected chi connectivity index (χ2v) is 7.65. The Labute approximate surface area is 163 Å². The molecule has 27 heavy (non-hydrogen) atoms. The summed E-state index contributed by atoms with van der Waals surface area (Å²) in [5.41, 5.74) is 1.27. The molecule has 0 amide bonds. The van der Waals surface area contributed by atoms with Crippen molar-refractivity contribution >= 4 is 5.97 Å². The summed E-state index contributed by atoms with van der Waals surface area (Å²) >= 11 is 0. The summed E-state index contributed by atoms with van der Waals surface area (Å²) in [5, 5.41) is 20.7. The zero-order valence-electron chi connectivity index (χ0n) is 16.6. The average Bonchev–Trinajstić information content (AvgIpc) is 3.17. The number of esters is 1. The number of rotatable bonds is 8. The van der Waals surface area contributed by atoms with Crippen LogP contribution in [0, 0.1) is 35.5 Å². The highest BCUT2D eigenvalue weighted by Gasteiger charge is 2.43. The molecule has 0 bridgehead atoms. The van der Waals surface area contributed by atoms with Gasteiger partial charge in [-0.1, -0.05) is 42.9 Å². The van der Waals surface area contributed by atoms with Crippen LogP contribution in [0.1, 0.15) is 46.0 Å². The molecular weight excluding hydrogens is 340 g/mol. The van der Waals surface area contributed by atoms with Crippen LogP contribution in [0.3, 0.4) is 0 Å². The first-order valence-corrected chi connectivity index (χ1v) is 9.84. The Morgan fingerprint density at radius 1 is 1.48 bits per heavy atom. The number of allylic oxidation sites excluding steroid dienone is 4. The molecule has 0 radical (unpaired) electrons. The lowest BCUT2D eigenvalue weighted by Gasteiger charge is -2.19. The van der Waals surface area contributed by atoms with Crippen LogP contribution < -0.4 is 0 Å². The number of hydrogen-bond donors (Lipinski definition) is 2. The fourth-order valence-corrected chi connectivity index (χ4v) is 4.02. The van der Waals surface area contributed by atoms with Crippen LogP contribution in [0.25, 0.3) is 0 Å². The van der Waals surface area contributed by atoms with Gasteiger partial charge in [0.05, 0.1) is 19.3 Å². The van der Waals surface area contributed by atoms with Gasteiger partial charge in [-0.05, 0) is 43.9 Å². The second kappa shape index (κ2) is 10.5. The summed E-state index contributed by atoms with van der Waals surface area (Å²) in [7, 11) is 1.40. The highest BCUT2D eigenvalue weighted by Crippen LogP contribution is 2.47. The van der Waals surface area contributed by atoms with Crippen molar-refractivity contribution in [3.8, 4) is 11.8 Å². The Kier molecular flexibility index (Phi) is 8.34. The zero-order chi connectivity index (χ0) is 19.8. The minimum atomic E-state index is -0.538. The lowest BCUT2D eigenvalue weighted by atomic mass is 9.88. The van der Waals surface area contributed by atoms with E-state index in [0.717, 1.165) is 12.8 Å². The predicted octanol–water partition coefficient (Wildman–Crippen LogP) is 3.41. The van der Waals surface area contributed by atoms with Gasteiger partial charge in [0.1, 0.15) is 0 Å². The third-order valence-corrected chi connectivity index (χ3v) is 5.69. The van der Waals surface area contributed by atoms with Crippen molar-refractivity contribution in [1.82, 2.24) is 0 Å². The van der Waals surface area contributed by atoms with E-state index in [2.05, 4.69) is 28.7 Å². The number of methoxy groups -OCH3 is 1. The monoisotopic (exact) mass is 372 g/mol. The standard InChI is InChI=1S/C23H32O4/c1-4-5-8-16(2)21(24)12-11-19-20-14-17(13-18(20)15-22(19)25)9-6-7-10-23(26)27-3/h6,9,11-13,16,18-22,24-25H,7-8,10,14-15H2,1-3H3/t16?,18-,19-,20-,21-,22+/m0/s1. The van der Waals surface area contributed by atoms with E-state index in [1.165, 1.54) is 12.7 Å². The Morgan fingerprint density at radius 2 is 2.26 bits per heavy atom. The summed E-state index contributed by atoms with van der Waals surface area (Å²) in [4.78, 5) is 11.1. The molecule has 0 aromatic rings. The van der Waals surface area contributed by atoms with Crippen molar-refractivity contribution in [3.05, 3.63) is 36.0 Å². The van der Waals surface area contributed by atoms with Gasteiger partial charge in [0.2, 0.25) is 0 Å². The zero-order valence-corrected chi connectivity index (χ0v) is 16.6. The largest absolute Gasteiger partial charge is 0.469 e. The first-order chi connectivity index (χ1) is 13.0. The lowest BCUT2D eigenvalue weighted by Crippen LogP contribution is -2.19. The molecule has 2 aliphatic rings. The fraction of sp³-hybridized carbons (Fsp3) is 0.609. The number of hydrogen-bond acceptors (Lipinski definition) is 4. The molecular formula is C23H32O4. The molecule has 148 valence electrons. The van der Waals surface area contributed by atoms with Crippen LogP contribution in [0.15, 0.2) is 36.0 Å². The molecule has 2 aliphatic carbocycles. The summed E-state index contributed by atoms with van der Waals surface area (Å²) < 4.78 is 4.64. The van der Waals surface area contributed by atoms with Crippen molar-refractivity contribution in [2.45, 2.75) is 58.2 Å². The summed E-state index contributed by atoms with van der Waals surface area (Å²) in [5.74, 6) is 6.60. The van der Waals surface area contributed by atoms with Crippen LogP contribution in [-0.4, -0.2) is 35.5 Å². The van der Waals surface area contributed by atoms with Crippen molar-refractivity contribution in [1.29, 1.82) is 0 Å².